The maximum Gasteiger partial charge on any atom is 0.490 e. The van der Waals surface area contributed by atoms with Crippen molar-refractivity contribution in [1.29, 1.82) is 0 Å². The molecular weight excluding hydrogens is 960 g/mol. The molecule has 1 saturated heterocycles. The van der Waals surface area contributed by atoms with Crippen molar-refractivity contribution in [2.24, 2.45) is 11.5 Å². The number of nitrogens with zero attached hydrogens (tertiary/aromatic N) is 9. The number of carbonyl (C=O) groups is 3. The summed E-state index contributed by atoms with van der Waals surface area (Å²) >= 11 is 0. The van der Waals surface area contributed by atoms with Gasteiger partial charge in [-0.25, -0.2) is 14.8 Å². The summed E-state index contributed by atoms with van der Waals surface area (Å²) in [6.45, 7) is 13.3. The third-order valence-corrected chi connectivity index (χ3v) is 12.2. The van der Waals surface area contributed by atoms with Crippen LogP contribution in [-0.2, 0) is 35.7 Å². The zero-order valence-electron chi connectivity index (χ0n) is 40.4. The number of fused-ring (bicyclic) bond motifs is 6. The number of amides is 2. The zero-order chi connectivity index (χ0) is 52.5. The number of methoxy groups -OCH3 is 1. The number of carbonyl (C=O) groups excluding carboxylic acids is 2. The number of alkyl halides is 3. The normalized spacial score (nSPS) is 13.4. The van der Waals surface area contributed by atoms with Gasteiger partial charge in [0.25, 0.3) is 11.1 Å². The molecule has 9 rings (SSSR count). The van der Waals surface area contributed by atoms with Gasteiger partial charge in [0, 0.05) is 67.7 Å². The van der Waals surface area contributed by atoms with E-state index < -0.39 is 35.1 Å². The van der Waals surface area contributed by atoms with E-state index in [-0.39, 0.29) is 35.0 Å². The van der Waals surface area contributed by atoms with Crippen LogP contribution in [0.25, 0.3) is 66.9 Å². The SMILES string of the molecule is CCn1nc(C)cc1-c1nc2c(c(=O)[nH]1)c1cc(C(N)=O)cc(OC)c1n2C/C=C/Cn1c2nc(-c3cc(C)nn3CC)[nH]c(=O)c2c2cc(C(N)=O)cc(OCCCN3CCOCC3)c21.O=C(O)C(F)(F)F. The molecule has 0 spiro atoms. The molecule has 1 aliphatic rings. The number of benzene rings is 2. The van der Waals surface area contributed by atoms with Gasteiger partial charge in [0.2, 0.25) is 11.8 Å². The molecule has 384 valence electrons. The van der Waals surface area contributed by atoms with Crippen molar-refractivity contribution >= 4 is 61.7 Å². The second-order valence-corrected chi connectivity index (χ2v) is 17.0. The third kappa shape index (κ3) is 10.3. The Morgan fingerprint density at radius 3 is 1.64 bits per heavy atom. The monoisotopic (exact) mass is 1010 g/mol. The first kappa shape index (κ1) is 51.0. The predicted octanol–water partition coefficient (Wildman–Crippen LogP) is 4.65. The summed E-state index contributed by atoms with van der Waals surface area (Å²) in [7, 11) is 1.48. The van der Waals surface area contributed by atoms with Crippen molar-refractivity contribution in [3.8, 4) is 34.5 Å². The lowest BCUT2D eigenvalue weighted by Crippen LogP contribution is -2.37. The number of allylic oxidation sites excluding steroid dienone is 2. The summed E-state index contributed by atoms with van der Waals surface area (Å²) in [5, 5.41) is 17.7. The van der Waals surface area contributed by atoms with Gasteiger partial charge in [-0.05, 0) is 70.5 Å². The predicted molar refractivity (Wildman–Crippen MR) is 263 cm³/mol. The average Bonchev–Trinajstić information content (AvgIpc) is 4.11. The summed E-state index contributed by atoms with van der Waals surface area (Å²) in [5.74, 6) is -2.77. The molecule has 7 N–H and O–H groups in total. The summed E-state index contributed by atoms with van der Waals surface area (Å²) < 4.78 is 56.8. The lowest BCUT2D eigenvalue weighted by molar-refractivity contribution is -0.192. The minimum atomic E-state index is -5.08. The number of aromatic nitrogens is 10. The van der Waals surface area contributed by atoms with Crippen molar-refractivity contribution in [3.05, 3.63) is 91.8 Å². The number of halogens is 3. The van der Waals surface area contributed by atoms with Crippen molar-refractivity contribution in [3.63, 3.8) is 0 Å². The molecule has 7 heterocycles. The zero-order valence-corrected chi connectivity index (χ0v) is 40.4. The van der Waals surface area contributed by atoms with Gasteiger partial charge >= 0.3 is 12.1 Å². The molecule has 0 radical (unpaired) electrons. The van der Waals surface area contributed by atoms with Gasteiger partial charge < -0.3 is 49.9 Å². The minimum Gasteiger partial charge on any atom is -0.495 e. The lowest BCUT2D eigenvalue weighted by Gasteiger charge is -2.26. The highest BCUT2D eigenvalue weighted by molar-refractivity contribution is 6.13. The number of carboxylic acid groups (broad SMARTS) is 1. The van der Waals surface area contributed by atoms with Gasteiger partial charge in [-0.15, -0.1) is 0 Å². The van der Waals surface area contributed by atoms with Crippen LogP contribution in [0.1, 0.15) is 52.4 Å². The van der Waals surface area contributed by atoms with E-state index in [9.17, 15) is 32.3 Å². The van der Waals surface area contributed by atoms with Crippen LogP contribution in [0.4, 0.5) is 13.2 Å². The number of ether oxygens (including phenoxy) is 3. The van der Waals surface area contributed by atoms with Crippen molar-refractivity contribution in [2.75, 3.05) is 46.6 Å². The molecule has 2 amide bonds. The highest BCUT2D eigenvalue weighted by Gasteiger charge is 2.38. The number of aliphatic carboxylic acids is 1. The number of H-pyrrole nitrogens is 2. The summed E-state index contributed by atoms with van der Waals surface area (Å²) in [5.41, 5.74) is 15.7. The molecule has 6 aromatic heterocycles. The maximum atomic E-state index is 14.3. The largest absolute Gasteiger partial charge is 0.495 e. The number of morpholine rings is 1. The number of rotatable bonds is 16. The highest BCUT2D eigenvalue weighted by atomic mass is 19.4. The highest BCUT2D eigenvalue weighted by Crippen LogP contribution is 2.37. The molecule has 0 atom stereocenters. The van der Waals surface area contributed by atoms with Crippen LogP contribution >= 0.6 is 0 Å². The summed E-state index contributed by atoms with van der Waals surface area (Å²) in [4.78, 5) is 80.9. The fourth-order valence-electron chi connectivity index (χ4n) is 8.92. The van der Waals surface area contributed by atoms with E-state index in [1.165, 1.54) is 7.11 Å². The van der Waals surface area contributed by atoms with E-state index in [1.807, 2.05) is 61.1 Å². The summed E-state index contributed by atoms with van der Waals surface area (Å²) in [6.07, 6.45) is -0.559. The Morgan fingerprint density at radius 1 is 0.767 bits per heavy atom. The smallest absolute Gasteiger partial charge is 0.490 e. The van der Waals surface area contributed by atoms with E-state index in [2.05, 4.69) is 25.1 Å². The van der Waals surface area contributed by atoms with Crippen LogP contribution in [0.2, 0.25) is 0 Å². The maximum absolute atomic E-state index is 14.3. The molecule has 1 fully saturated rings. The number of aromatic amines is 2. The van der Waals surface area contributed by atoms with Gasteiger partial charge in [0.1, 0.15) is 34.2 Å². The first-order valence-electron chi connectivity index (χ1n) is 23.1. The van der Waals surface area contributed by atoms with E-state index in [4.69, 9.17) is 45.5 Å². The van der Waals surface area contributed by atoms with E-state index >= 15 is 0 Å². The molecule has 22 nitrogen and oxygen atoms in total. The second kappa shape index (κ2) is 20.8. The lowest BCUT2D eigenvalue weighted by atomic mass is 10.1. The third-order valence-electron chi connectivity index (χ3n) is 12.2. The van der Waals surface area contributed by atoms with Crippen LogP contribution in [0.5, 0.6) is 11.5 Å². The van der Waals surface area contributed by atoms with Gasteiger partial charge in [0.15, 0.2) is 11.6 Å². The van der Waals surface area contributed by atoms with Crippen molar-refractivity contribution in [2.45, 2.75) is 66.5 Å². The fourth-order valence-corrected chi connectivity index (χ4v) is 8.92. The Balaban J connectivity index is 0.000000948. The van der Waals surface area contributed by atoms with Crippen LogP contribution in [0.15, 0.2) is 58.1 Å². The van der Waals surface area contributed by atoms with Crippen LogP contribution < -0.4 is 32.1 Å². The molecule has 25 heteroatoms. The number of primary amides is 2. The Morgan fingerprint density at radius 2 is 1.22 bits per heavy atom. The standard InChI is InChI=1S/C46H51N13O7.C2HF3O2/c1-6-58-31(19-25(3)53-58)41-49-43-35(45(62)51-41)29-21-27(39(47)60)23-33(64-5)37(29)56(43)12-8-9-13-57-38-30(36-44(57)50-42(52-46(36)63)32-20-26(4)54-59(32)7-2)22-28(40(48)61)24-34(38)66-16-10-11-55-14-17-65-18-15-55;3-2(4,5)1(6)7/h8-9,19-24H,6-7,10-18H2,1-5H3,(H2,47,60)(H2,48,61)(H,49,51,62)(H,50,52,63);(H,6,7)/b9-8+;. The Hall–Kier alpha value is -8.32. The molecule has 1 aliphatic heterocycles. The summed E-state index contributed by atoms with van der Waals surface area (Å²) in [6, 6.07) is 10.1. The fraction of sp³-hybridized carbons (Fsp3) is 0.354. The van der Waals surface area contributed by atoms with Crippen molar-refractivity contribution in [1.82, 2.24) is 53.5 Å². The molecule has 73 heavy (non-hydrogen) atoms. The second-order valence-electron chi connectivity index (χ2n) is 17.0. The van der Waals surface area contributed by atoms with E-state index in [0.717, 1.165) is 31.0 Å². The molecule has 8 aromatic rings. The molecule has 0 bridgehead atoms. The van der Waals surface area contributed by atoms with Gasteiger partial charge in [-0.2, -0.15) is 23.4 Å². The van der Waals surface area contributed by atoms with Gasteiger partial charge in [0.05, 0.1) is 60.1 Å². The number of hydrogen-bond donors (Lipinski definition) is 5. The molecular formula is C48H52F3N13O9. The van der Waals surface area contributed by atoms with Gasteiger partial charge in [-0.1, -0.05) is 12.2 Å². The van der Waals surface area contributed by atoms with E-state index in [0.29, 0.717) is 107 Å². The first-order valence-corrected chi connectivity index (χ1v) is 23.1. The van der Waals surface area contributed by atoms with E-state index in [1.54, 1.807) is 33.6 Å². The first-order chi connectivity index (χ1) is 34.8. The van der Waals surface area contributed by atoms with Crippen LogP contribution in [-0.4, -0.2) is 129 Å². The number of aryl methyl sites for hydroxylation is 4. The van der Waals surface area contributed by atoms with Gasteiger partial charge in [-0.3, -0.25) is 33.4 Å². The molecule has 0 saturated carbocycles. The Bertz CT molecular complexity index is 3590. The topological polar surface area (TPSA) is 291 Å². The number of nitrogens with two attached hydrogens (primary N) is 2. The number of carboxylic acids is 1. The number of hydrogen-bond acceptors (Lipinski definition) is 13. The number of nitrogens with one attached hydrogen (secondary N) is 2. The molecule has 0 unspecified atom stereocenters. The Kier molecular flexibility index (Phi) is 14.5. The van der Waals surface area contributed by atoms with Crippen LogP contribution in [0.3, 0.4) is 0 Å². The van der Waals surface area contributed by atoms with Crippen LogP contribution in [0, 0.1) is 13.8 Å². The molecule has 0 aliphatic carbocycles. The quantitative estimate of drug-likeness (QED) is 0.0651. The minimum absolute atomic E-state index is 0.168. The Labute approximate surface area is 411 Å². The van der Waals surface area contributed by atoms with Crippen molar-refractivity contribution < 1.29 is 46.9 Å². The molecule has 2 aromatic carbocycles. The average molecular weight is 1010 g/mol.